The van der Waals surface area contributed by atoms with E-state index in [0.717, 1.165) is 6.07 Å². The molecule has 2 N–H and O–H groups in total. The Bertz CT molecular complexity index is 715. The van der Waals surface area contributed by atoms with Gasteiger partial charge >= 0.3 is 6.18 Å². The van der Waals surface area contributed by atoms with Gasteiger partial charge < -0.3 is 10.6 Å². The van der Waals surface area contributed by atoms with Gasteiger partial charge in [0.2, 0.25) is 5.91 Å². The molecule has 0 spiro atoms. The van der Waals surface area contributed by atoms with Crippen LogP contribution in [0.4, 0.5) is 24.5 Å². The zero-order valence-corrected chi connectivity index (χ0v) is 13.8. The lowest BCUT2D eigenvalue weighted by molar-refractivity contribution is -0.137. The Kier molecular flexibility index (Phi) is 5.96. The van der Waals surface area contributed by atoms with Crippen LogP contribution < -0.4 is 10.6 Å². The number of benzene rings is 2. The highest BCUT2D eigenvalue weighted by molar-refractivity contribution is 6.35. The van der Waals surface area contributed by atoms with Crippen molar-refractivity contribution in [1.29, 1.82) is 0 Å². The van der Waals surface area contributed by atoms with Crippen LogP contribution in [0.15, 0.2) is 42.5 Å². The third-order valence-electron chi connectivity index (χ3n) is 3.05. The number of anilines is 2. The fraction of sp³-hybridized carbons (Fsp3) is 0.188. The van der Waals surface area contributed by atoms with Gasteiger partial charge in [0.15, 0.2) is 0 Å². The monoisotopic (exact) mass is 376 g/mol. The normalized spacial score (nSPS) is 11.2. The molecule has 0 saturated carbocycles. The number of rotatable bonds is 5. The van der Waals surface area contributed by atoms with Crippen LogP contribution in [0.5, 0.6) is 0 Å². The highest BCUT2D eigenvalue weighted by atomic mass is 35.5. The minimum Gasteiger partial charge on any atom is -0.384 e. The topological polar surface area (TPSA) is 41.1 Å². The summed E-state index contributed by atoms with van der Waals surface area (Å²) in [5.41, 5.74) is -0.523. The summed E-state index contributed by atoms with van der Waals surface area (Å²) in [7, 11) is 0. The van der Waals surface area contributed by atoms with Gasteiger partial charge in [0.25, 0.3) is 0 Å². The molecular formula is C16H13Cl2F3N2O. The predicted octanol–water partition coefficient (Wildman–Crippen LogP) is 5.45. The molecule has 128 valence electrons. The fourth-order valence-corrected chi connectivity index (χ4v) is 2.55. The summed E-state index contributed by atoms with van der Waals surface area (Å²) < 4.78 is 38.6. The second-order valence-electron chi connectivity index (χ2n) is 4.93. The lowest BCUT2D eigenvalue weighted by atomic mass is 10.1. The quantitative estimate of drug-likeness (QED) is 0.727. The van der Waals surface area contributed by atoms with Gasteiger partial charge in [0.05, 0.1) is 11.3 Å². The molecular weight excluding hydrogens is 364 g/mol. The van der Waals surface area contributed by atoms with Crippen molar-refractivity contribution in [2.45, 2.75) is 12.6 Å². The van der Waals surface area contributed by atoms with Gasteiger partial charge in [-0.3, -0.25) is 4.79 Å². The molecule has 0 heterocycles. The molecule has 0 saturated heterocycles. The van der Waals surface area contributed by atoms with Crippen molar-refractivity contribution in [3.8, 4) is 0 Å². The van der Waals surface area contributed by atoms with E-state index >= 15 is 0 Å². The number of amides is 1. The summed E-state index contributed by atoms with van der Waals surface area (Å²) in [5.74, 6) is -0.535. The van der Waals surface area contributed by atoms with Crippen molar-refractivity contribution in [3.63, 3.8) is 0 Å². The summed E-state index contributed by atoms with van der Waals surface area (Å²) >= 11 is 11.7. The van der Waals surface area contributed by atoms with Crippen LogP contribution >= 0.6 is 23.2 Å². The Morgan fingerprint density at radius 1 is 1.04 bits per heavy atom. The van der Waals surface area contributed by atoms with E-state index in [4.69, 9.17) is 23.2 Å². The van der Waals surface area contributed by atoms with E-state index in [2.05, 4.69) is 10.6 Å². The van der Waals surface area contributed by atoms with Gasteiger partial charge in [-0.05, 0) is 30.3 Å². The summed E-state index contributed by atoms with van der Waals surface area (Å²) in [4.78, 5) is 11.8. The first-order valence-electron chi connectivity index (χ1n) is 6.92. The van der Waals surface area contributed by atoms with E-state index in [0.29, 0.717) is 15.7 Å². The third kappa shape index (κ3) is 5.32. The molecule has 8 heteroatoms. The standard InChI is InChI=1S/C16H13Cl2F3N2O/c17-10-7-11(18)9-12(8-10)22-6-5-15(24)23-14-4-2-1-3-13(14)16(19,20)21/h1-4,7-9,22H,5-6H2,(H,23,24). The van der Waals surface area contributed by atoms with Gasteiger partial charge in [0.1, 0.15) is 0 Å². The molecule has 2 rings (SSSR count). The van der Waals surface area contributed by atoms with Crippen molar-refractivity contribution in [2.24, 2.45) is 0 Å². The zero-order valence-electron chi connectivity index (χ0n) is 12.3. The number of para-hydroxylation sites is 1. The SMILES string of the molecule is O=C(CCNc1cc(Cl)cc(Cl)c1)Nc1ccccc1C(F)(F)F. The van der Waals surface area contributed by atoms with Gasteiger partial charge in [-0.1, -0.05) is 35.3 Å². The van der Waals surface area contributed by atoms with Crippen LogP contribution in [0.1, 0.15) is 12.0 Å². The van der Waals surface area contributed by atoms with E-state index in [1.807, 2.05) is 0 Å². The largest absolute Gasteiger partial charge is 0.418 e. The lowest BCUT2D eigenvalue weighted by Gasteiger charge is -2.13. The van der Waals surface area contributed by atoms with Crippen LogP contribution in [0.25, 0.3) is 0 Å². The number of alkyl halides is 3. The molecule has 2 aromatic rings. The average molecular weight is 377 g/mol. The number of halogens is 5. The molecule has 0 unspecified atom stereocenters. The highest BCUT2D eigenvalue weighted by Crippen LogP contribution is 2.34. The van der Waals surface area contributed by atoms with Crippen molar-refractivity contribution in [3.05, 3.63) is 58.1 Å². The van der Waals surface area contributed by atoms with Crippen molar-refractivity contribution in [1.82, 2.24) is 0 Å². The van der Waals surface area contributed by atoms with Crippen LogP contribution in [-0.4, -0.2) is 12.5 Å². The Hall–Kier alpha value is -1.92. The van der Waals surface area contributed by atoms with Crippen molar-refractivity contribution < 1.29 is 18.0 Å². The molecule has 0 bridgehead atoms. The molecule has 0 fully saturated rings. The summed E-state index contributed by atoms with van der Waals surface area (Å²) in [5, 5.41) is 6.09. The summed E-state index contributed by atoms with van der Waals surface area (Å²) in [6.45, 7) is 0.219. The van der Waals surface area contributed by atoms with E-state index in [-0.39, 0.29) is 18.7 Å². The molecule has 0 aliphatic rings. The first kappa shape index (κ1) is 18.4. The molecule has 2 aromatic carbocycles. The number of nitrogens with one attached hydrogen (secondary N) is 2. The zero-order chi connectivity index (χ0) is 17.7. The maximum Gasteiger partial charge on any atom is 0.418 e. The van der Waals surface area contributed by atoms with Crippen molar-refractivity contribution >= 4 is 40.5 Å². The second-order valence-corrected chi connectivity index (χ2v) is 5.80. The minimum atomic E-state index is -4.53. The van der Waals surface area contributed by atoms with E-state index < -0.39 is 17.6 Å². The summed E-state index contributed by atoms with van der Waals surface area (Å²) in [6.07, 6.45) is -4.55. The molecule has 0 radical (unpaired) electrons. The average Bonchev–Trinajstić information content (AvgIpc) is 2.45. The lowest BCUT2D eigenvalue weighted by Crippen LogP contribution is -2.19. The van der Waals surface area contributed by atoms with Gasteiger partial charge in [0, 0.05) is 28.7 Å². The number of carbonyl (C=O) groups excluding carboxylic acids is 1. The molecule has 0 aliphatic heterocycles. The van der Waals surface area contributed by atoms with Gasteiger partial charge in [-0.25, -0.2) is 0 Å². The molecule has 1 amide bonds. The Labute approximate surface area is 146 Å². The number of carbonyl (C=O) groups is 1. The summed E-state index contributed by atoms with van der Waals surface area (Å²) in [6, 6.07) is 9.65. The van der Waals surface area contributed by atoms with Gasteiger partial charge in [-0.2, -0.15) is 13.2 Å². The number of hydrogen-bond donors (Lipinski definition) is 2. The Morgan fingerprint density at radius 2 is 1.67 bits per heavy atom. The number of hydrogen-bond acceptors (Lipinski definition) is 2. The minimum absolute atomic E-state index is 0.0175. The first-order valence-corrected chi connectivity index (χ1v) is 7.67. The van der Waals surface area contributed by atoms with Crippen LogP contribution in [0, 0.1) is 0 Å². The van der Waals surface area contributed by atoms with Gasteiger partial charge in [-0.15, -0.1) is 0 Å². The van der Waals surface area contributed by atoms with Crippen LogP contribution in [-0.2, 0) is 11.0 Å². The molecule has 0 aromatic heterocycles. The van der Waals surface area contributed by atoms with Crippen LogP contribution in [0.3, 0.4) is 0 Å². The van der Waals surface area contributed by atoms with Crippen molar-refractivity contribution in [2.75, 3.05) is 17.2 Å². The second kappa shape index (κ2) is 7.77. The maximum absolute atomic E-state index is 12.9. The molecule has 0 aliphatic carbocycles. The predicted molar refractivity (Wildman–Crippen MR) is 89.6 cm³/mol. The highest BCUT2D eigenvalue weighted by Gasteiger charge is 2.33. The Balaban J connectivity index is 1.92. The smallest absolute Gasteiger partial charge is 0.384 e. The van der Waals surface area contributed by atoms with E-state index in [1.54, 1.807) is 18.2 Å². The molecule has 0 atom stereocenters. The third-order valence-corrected chi connectivity index (χ3v) is 3.49. The van der Waals surface area contributed by atoms with E-state index in [1.165, 1.54) is 18.2 Å². The maximum atomic E-state index is 12.9. The first-order chi connectivity index (χ1) is 11.3. The Morgan fingerprint density at radius 3 is 2.29 bits per heavy atom. The van der Waals surface area contributed by atoms with E-state index in [9.17, 15) is 18.0 Å². The van der Waals surface area contributed by atoms with Crippen LogP contribution in [0.2, 0.25) is 10.0 Å². The molecule has 24 heavy (non-hydrogen) atoms. The fourth-order valence-electron chi connectivity index (χ4n) is 2.03. The molecule has 3 nitrogen and oxygen atoms in total.